The molecule has 242 valence electrons. The first-order valence-corrected chi connectivity index (χ1v) is 15.2. The average molecular weight is 834 g/mol. The fourth-order valence-electron chi connectivity index (χ4n) is 5.93. The molecule has 0 bridgehead atoms. The number of pyridine rings is 2. The zero-order valence-electron chi connectivity index (χ0n) is 33.5. The summed E-state index contributed by atoms with van der Waals surface area (Å²) >= 11 is 0. The first-order chi connectivity index (χ1) is 26.0. The minimum atomic E-state index is -3.63. The van der Waals surface area contributed by atoms with Crippen molar-refractivity contribution in [1.29, 1.82) is 0 Å². The van der Waals surface area contributed by atoms with E-state index in [0.29, 0.717) is 27.9 Å². The van der Waals surface area contributed by atoms with Crippen molar-refractivity contribution in [2.24, 2.45) is 0 Å². The molecule has 0 N–H and O–H groups in total. The molecule has 7 aromatic rings. The van der Waals surface area contributed by atoms with E-state index in [1.165, 1.54) is 57.7 Å². The fourth-order valence-corrected chi connectivity index (χ4v) is 5.93. The molecule has 5 nitrogen and oxygen atoms in total. The van der Waals surface area contributed by atoms with Gasteiger partial charge in [-0.1, -0.05) is 83.9 Å². The third kappa shape index (κ3) is 5.53. The van der Waals surface area contributed by atoms with Gasteiger partial charge in [0.15, 0.2) is 0 Å². The first-order valence-electron chi connectivity index (χ1n) is 18.7. The molecule has 0 atom stereocenters. The van der Waals surface area contributed by atoms with Crippen molar-refractivity contribution in [3.05, 3.63) is 150 Å². The Labute approximate surface area is 307 Å². The van der Waals surface area contributed by atoms with E-state index in [0.717, 1.165) is 10.9 Å². The number of hydrogen-bond acceptors (Lipinski definition) is 2. The second-order valence-corrected chi connectivity index (χ2v) is 12.6. The van der Waals surface area contributed by atoms with Crippen LogP contribution in [0.5, 0.6) is 0 Å². The molecule has 0 amide bonds. The van der Waals surface area contributed by atoms with Crippen LogP contribution in [-0.4, -0.2) is 20.5 Å². The van der Waals surface area contributed by atoms with Gasteiger partial charge < -0.3 is 4.57 Å². The Bertz CT molecular complexity index is 2800. The summed E-state index contributed by atoms with van der Waals surface area (Å²) in [4.78, 5) is 8.92. The Morgan fingerprint density at radius 2 is 1.61 bits per heavy atom. The summed E-state index contributed by atoms with van der Waals surface area (Å²) in [5.41, 5.74) is 1.40. The van der Waals surface area contributed by atoms with Crippen LogP contribution >= 0.6 is 0 Å². The predicted octanol–water partition coefficient (Wildman–Crippen LogP) is 9.77. The van der Waals surface area contributed by atoms with Crippen molar-refractivity contribution in [3.8, 4) is 5.82 Å². The van der Waals surface area contributed by atoms with Gasteiger partial charge in [0.05, 0.1) is 17.2 Å². The molecule has 0 spiro atoms. The second-order valence-electron chi connectivity index (χ2n) is 12.6. The normalized spacial score (nSPS) is 15.2. The number of fused-ring (bicyclic) bond motifs is 4. The van der Waals surface area contributed by atoms with Crippen LogP contribution in [0.1, 0.15) is 52.6 Å². The average Bonchev–Trinajstić information content (AvgIpc) is 3.73. The Morgan fingerprint density at radius 1 is 0.857 bits per heavy atom. The monoisotopic (exact) mass is 833 g/mol. The quantitative estimate of drug-likeness (QED) is 0.128. The van der Waals surface area contributed by atoms with Gasteiger partial charge in [0.1, 0.15) is 11.5 Å². The number of para-hydroxylation sites is 2. The number of benzene rings is 4. The van der Waals surface area contributed by atoms with Gasteiger partial charge >= 0.3 is 27.1 Å². The molecule has 0 fully saturated rings. The Kier molecular flexibility index (Phi) is 6.17. The third-order valence-corrected chi connectivity index (χ3v) is 8.44. The van der Waals surface area contributed by atoms with Crippen LogP contribution in [0, 0.1) is 19.0 Å². The van der Waals surface area contributed by atoms with Gasteiger partial charge in [-0.15, -0.1) is 11.5 Å². The van der Waals surface area contributed by atoms with Crippen molar-refractivity contribution in [1.82, 2.24) is 23.7 Å². The predicted molar refractivity (Wildman–Crippen MR) is 188 cm³/mol. The van der Waals surface area contributed by atoms with Crippen molar-refractivity contribution < 1.29 is 39.4 Å². The fraction of sp³-hybridized carbons (Fsp3) is 0.146. The number of aromatic nitrogens is 3. The van der Waals surface area contributed by atoms with Gasteiger partial charge in [0.25, 0.3) is 17.3 Å². The summed E-state index contributed by atoms with van der Waals surface area (Å²) in [5, 5.41) is 1.49. The van der Waals surface area contributed by atoms with Crippen LogP contribution in [0.25, 0.3) is 27.6 Å². The molecule has 49 heavy (non-hydrogen) atoms. The number of halogens is 2. The van der Waals surface area contributed by atoms with E-state index >= 15 is 8.78 Å². The molecule has 0 saturated heterocycles. The Balaban J connectivity index is 0.00000480. The summed E-state index contributed by atoms with van der Waals surface area (Å²) in [6, 6.07) is 25.6. The molecule has 0 radical (unpaired) electrons. The summed E-state index contributed by atoms with van der Waals surface area (Å²) in [6.45, 7) is 3.88. The number of rotatable bonds is 5. The summed E-state index contributed by atoms with van der Waals surface area (Å²) in [5.74, 6) is -3.10. The van der Waals surface area contributed by atoms with E-state index in [1.807, 2.05) is 18.2 Å². The largest absolute Gasteiger partial charge is 2.00 e. The molecule has 0 saturated carbocycles. The van der Waals surface area contributed by atoms with Crippen molar-refractivity contribution in [2.75, 3.05) is 0 Å². The number of aryl methyl sites for hydroxylation is 1. The van der Waals surface area contributed by atoms with Crippen LogP contribution in [0.15, 0.2) is 116 Å². The maximum Gasteiger partial charge on any atom is 2.00 e. The summed E-state index contributed by atoms with van der Waals surface area (Å²) in [7, 11) is 0. The van der Waals surface area contributed by atoms with Gasteiger partial charge in [-0.3, -0.25) is 4.98 Å². The molecule has 0 aliphatic carbocycles. The van der Waals surface area contributed by atoms with Gasteiger partial charge in [0.2, 0.25) is 5.69 Å². The Morgan fingerprint density at radius 3 is 2.37 bits per heavy atom. The summed E-state index contributed by atoms with van der Waals surface area (Å²) < 4.78 is 95.4. The van der Waals surface area contributed by atoms with Crippen molar-refractivity contribution >= 4 is 50.6 Å². The molecule has 0 unspecified atom stereocenters. The van der Waals surface area contributed by atoms with Gasteiger partial charge in [-0.05, 0) is 46.0 Å². The standard InChI is InChI=1S/C41H31F2N5.Pt/c1-27-12-15-31(16-13-27)46-26-47(36-11-6-5-10-35(36)46)32-9-7-8-29(22-32)41(42,43)30-14-17-33-34-19-20-44-25-38(34)48(37(33)23-30)39-24-28(18-21-45-39)40(2,3)4;/h5-21,24-25H,1-4H3;/q;+2/i1D3,5D,6D,10D,11D;. The van der Waals surface area contributed by atoms with Crippen LogP contribution in [0.4, 0.5) is 31.5 Å². The maximum atomic E-state index is 16.8. The molecule has 1 aliphatic rings. The minimum absolute atomic E-state index is 0. The van der Waals surface area contributed by atoms with E-state index < -0.39 is 42.0 Å². The van der Waals surface area contributed by atoms with Crippen LogP contribution in [0.2, 0.25) is 0 Å². The molecule has 4 heterocycles. The van der Waals surface area contributed by atoms with Gasteiger partial charge in [-0.25, -0.2) is 13.8 Å². The Hall–Kier alpha value is -5.09. The van der Waals surface area contributed by atoms with Crippen LogP contribution in [-0.2, 0) is 32.4 Å². The third-order valence-electron chi connectivity index (χ3n) is 8.44. The van der Waals surface area contributed by atoms with Gasteiger partial charge in [0, 0.05) is 40.7 Å². The molecule has 8 rings (SSSR count). The number of alkyl halides is 2. The smallest absolute Gasteiger partial charge is 0.318 e. The topological polar surface area (TPSA) is 36.7 Å². The molecular formula is C41H31F2N5Pt+2. The molecule has 3 aromatic heterocycles. The second kappa shape index (κ2) is 12.1. The van der Waals surface area contributed by atoms with Gasteiger partial charge in [-0.2, -0.15) is 24.3 Å². The zero-order valence-corrected chi connectivity index (χ0v) is 28.7. The SMILES string of the molecule is [2H]c1c([2H])c([2H])c2c(c1[2H])[N+](c1[c-]c(C(F)(F)c3[c-]c4c(cc3)c3ccncc3n4-c3cc(C(C)(C)C)ccn3)ccc1)=C=[N+]2c1ccc(C([2H])([2H])[2H])cc1.[Pt+2]. The van der Waals surface area contributed by atoms with Crippen molar-refractivity contribution in [3.63, 3.8) is 0 Å². The minimum Gasteiger partial charge on any atom is -0.318 e. The van der Waals surface area contributed by atoms with Crippen molar-refractivity contribution in [2.45, 2.75) is 39.0 Å². The molecule has 8 heteroatoms. The van der Waals surface area contributed by atoms with E-state index in [4.69, 9.17) is 9.60 Å². The first kappa shape index (κ1) is 25.0. The van der Waals surface area contributed by atoms with E-state index in [9.17, 15) is 0 Å². The van der Waals surface area contributed by atoms with E-state index in [-0.39, 0.29) is 55.1 Å². The van der Waals surface area contributed by atoms with Crippen LogP contribution in [0.3, 0.4) is 0 Å². The zero-order chi connectivity index (χ0) is 39.2. The van der Waals surface area contributed by atoms with E-state index in [2.05, 4.69) is 48.9 Å². The molecular weight excluding hydrogens is 796 g/mol. The number of hydrogen-bond donors (Lipinski definition) is 0. The van der Waals surface area contributed by atoms with Crippen LogP contribution < -0.4 is 9.15 Å². The van der Waals surface area contributed by atoms with E-state index in [1.54, 1.807) is 29.2 Å². The maximum absolute atomic E-state index is 16.8. The summed E-state index contributed by atoms with van der Waals surface area (Å²) in [6.07, 6.45) is 5.01. The molecule has 1 aliphatic heterocycles. The number of nitrogens with zero attached hydrogens (tertiary/aromatic N) is 5. The molecule has 4 aromatic carbocycles.